The molecule has 0 fully saturated rings. The zero-order valence-electron chi connectivity index (χ0n) is 15.9. The van der Waals surface area contributed by atoms with Crippen molar-refractivity contribution in [2.24, 2.45) is 0 Å². The number of nitrogens with one attached hydrogen (secondary N) is 1. The maximum Gasteiger partial charge on any atom is 0.241 e. The molecule has 0 aliphatic heterocycles. The molecule has 3 rings (SSSR count). The Morgan fingerprint density at radius 3 is 2.70 bits per heavy atom. The molecule has 0 saturated heterocycles. The number of hydrogen-bond donors (Lipinski definition) is 1. The highest BCUT2D eigenvalue weighted by Crippen LogP contribution is 2.26. The van der Waals surface area contributed by atoms with Gasteiger partial charge in [-0.2, -0.15) is 0 Å². The SMILES string of the molecule is CCCN(Cc1nc(-c2cccs2)oc1C)C(C)C(=O)Nc1ccccc1. The van der Waals surface area contributed by atoms with Crippen LogP contribution in [-0.2, 0) is 11.3 Å². The number of amides is 1. The summed E-state index contributed by atoms with van der Waals surface area (Å²) >= 11 is 1.61. The van der Waals surface area contributed by atoms with E-state index < -0.39 is 0 Å². The normalized spacial score (nSPS) is 12.3. The molecule has 2 heterocycles. The van der Waals surface area contributed by atoms with Gasteiger partial charge in [-0.25, -0.2) is 4.98 Å². The number of oxazole rings is 1. The first-order chi connectivity index (χ1) is 13.1. The van der Waals surface area contributed by atoms with Crippen LogP contribution in [0.1, 0.15) is 31.7 Å². The third-order valence-corrected chi connectivity index (χ3v) is 5.31. The third kappa shape index (κ3) is 4.84. The maximum absolute atomic E-state index is 12.7. The van der Waals surface area contributed by atoms with E-state index in [1.165, 1.54) is 0 Å². The van der Waals surface area contributed by atoms with Gasteiger partial charge in [0.05, 0.1) is 16.6 Å². The average molecular weight is 384 g/mol. The van der Waals surface area contributed by atoms with E-state index in [4.69, 9.17) is 4.42 Å². The monoisotopic (exact) mass is 383 g/mol. The molecule has 0 bridgehead atoms. The Hall–Kier alpha value is -2.44. The number of para-hydroxylation sites is 1. The molecule has 1 unspecified atom stereocenters. The molecule has 0 spiro atoms. The first kappa shape index (κ1) is 19.3. The lowest BCUT2D eigenvalue weighted by molar-refractivity contribution is -0.121. The molecule has 2 aromatic heterocycles. The smallest absolute Gasteiger partial charge is 0.241 e. The number of anilines is 1. The predicted molar refractivity (Wildman–Crippen MR) is 110 cm³/mol. The van der Waals surface area contributed by atoms with Gasteiger partial charge in [-0.15, -0.1) is 11.3 Å². The van der Waals surface area contributed by atoms with Gasteiger partial charge in [0.15, 0.2) is 0 Å². The van der Waals surface area contributed by atoms with E-state index >= 15 is 0 Å². The number of hydrogen-bond acceptors (Lipinski definition) is 5. The van der Waals surface area contributed by atoms with E-state index in [2.05, 4.69) is 22.1 Å². The molecule has 0 radical (unpaired) electrons. The number of benzene rings is 1. The minimum absolute atomic E-state index is 0.0192. The van der Waals surface area contributed by atoms with Gasteiger partial charge in [0.1, 0.15) is 5.76 Å². The van der Waals surface area contributed by atoms with Crippen molar-refractivity contribution in [1.29, 1.82) is 0 Å². The number of aromatic nitrogens is 1. The number of rotatable bonds is 8. The van der Waals surface area contributed by atoms with Gasteiger partial charge < -0.3 is 9.73 Å². The van der Waals surface area contributed by atoms with Crippen molar-refractivity contribution < 1.29 is 9.21 Å². The highest BCUT2D eigenvalue weighted by atomic mass is 32.1. The molecular formula is C21H25N3O2S. The third-order valence-electron chi connectivity index (χ3n) is 4.46. The summed E-state index contributed by atoms with van der Waals surface area (Å²) in [6.45, 7) is 7.37. The lowest BCUT2D eigenvalue weighted by Crippen LogP contribution is -2.42. The van der Waals surface area contributed by atoms with Crippen LogP contribution in [0.2, 0.25) is 0 Å². The Morgan fingerprint density at radius 1 is 1.26 bits per heavy atom. The van der Waals surface area contributed by atoms with E-state index in [1.807, 2.05) is 61.7 Å². The summed E-state index contributed by atoms with van der Waals surface area (Å²) in [4.78, 5) is 20.5. The van der Waals surface area contributed by atoms with Crippen LogP contribution >= 0.6 is 11.3 Å². The van der Waals surface area contributed by atoms with Crippen LogP contribution in [0.5, 0.6) is 0 Å². The highest BCUT2D eigenvalue weighted by molar-refractivity contribution is 7.13. The van der Waals surface area contributed by atoms with Gasteiger partial charge in [-0.3, -0.25) is 9.69 Å². The molecular weight excluding hydrogens is 358 g/mol. The first-order valence-corrected chi connectivity index (χ1v) is 10.1. The van der Waals surface area contributed by atoms with Crippen molar-refractivity contribution in [3.8, 4) is 10.8 Å². The Labute approximate surface area is 164 Å². The van der Waals surface area contributed by atoms with Gasteiger partial charge in [0.25, 0.3) is 0 Å². The summed E-state index contributed by atoms with van der Waals surface area (Å²) in [5.41, 5.74) is 1.69. The van der Waals surface area contributed by atoms with Gasteiger partial charge in [0, 0.05) is 12.2 Å². The van der Waals surface area contributed by atoms with Crippen molar-refractivity contribution in [1.82, 2.24) is 9.88 Å². The number of nitrogens with zero attached hydrogens (tertiary/aromatic N) is 2. The van der Waals surface area contributed by atoms with Gasteiger partial charge >= 0.3 is 0 Å². The standard InChI is InChI=1S/C21H25N3O2S/c1-4-12-24(15(2)20(25)22-17-9-6-5-7-10-17)14-18-16(3)26-21(23-18)19-11-8-13-27-19/h5-11,13,15H,4,12,14H2,1-3H3,(H,22,25). The van der Waals surface area contributed by atoms with E-state index in [0.717, 1.165) is 35.0 Å². The van der Waals surface area contributed by atoms with E-state index in [0.29, 0.717) is 12.4 Å². The fourth-order valence-corrected chi connectivity index (χ4v) is 3.55. The number of carbonyl (C=O) groups excluding carboxylic acids is 1. The minimum atomic E-state index is -0.272. The van der Waals surface area contributed by atoms with Gasteiger partial charge in [-0.05, 0) is 50.4 Å². The molecule has 1 atom stereocenters. The largest absolute Gasteiger partial charge is 0.440 e. The van der Waals surface area contributed by atoms with Crippen LogP contribution in [0.15, 0.2) is 52.3 Å². The summed E-state index contributed by atoms with van der Waals surface area (Å²) in [5, 5.41) is 4.99. The fourth-order valence-electron chi connectivity index (χ4n) is 2.90. The first-order valence-electron chi connectivity index (χ1n) is 9.18. The zero-order valence-corrected chi connectivity index (χ0v) is 16.8. The van der Waals surface area contributed by atoms with Crippen molar-refractivity contribution >= 4 is 22.9 Å². The Balaban J connectivity index is 1.72. The molecule has 27 heavy (non-hydrogen) atoms. The second-order valence-corrected chi connectivity index (χ2v) is 7.45. The molecule has 0 saturated carbocycles. The van der Waals surface area contributed by atoms with Crippen molar-refractivity contribution in [2.75, 3.05) is 11.9 Å². The summed E-state index contributed by atoms with van der Waals surface area (Å²) in [6.07, 6.45) is 0.956. The summed E-state index contributed by atoms with van der Waals surface area (Å²) < 4.78 is 5.85. The second kappa shape index (κ2) is 8.97. The molecule has 6 heteroatoms. The Morgan fingerprint density at radius 2 is 2.04 bits per heavy atom. The summed E-state index contributed by atoms with van der Waals surface area (Å²) in [7, 11) is 0. The van der Waals surface area contributed by atoms with Crippen molar-refractivity contribution in [2.45, 2.75) is 39.8 Å². The van der Waals surface area contributed by atoms with Crippen LogP contribution in [0, 0.1) is 6.92 Å². The zero-order chi connectivity index (χ0) is 19.2. The number of aryl methyl sites for hydroxylation is 1. The van der Waals surface area contributed by atoms with Crippen LogP contribution in [0.3, 0.4) is 0 Å². The lowest BCUT2D eigenvalue weighted by atomic mass is 10.2. The maximum atomic E-state index is 12.7. The van der Waals surface area contributed by atoms with E-state index in [9.17, 15) is 4.79 Å². The molecule has 0 aliphatic carbocycles. The van der Waals surface area contributed by atoms with E-state index in [-0.39, 0.29) is 11.9 Å². The lowest BCUT2D eigenvalue weighted by Gasteiger charge is -2.27. The molecule has 5 nitrogen and oxygen atoms in total. The molecule has 0 aliphatic rings. The van der Waals surface area contributed by atoms with E-state index in [1.54, 1.807) is 11.3 Å². The summed E-state index contributed by atoms with van der Waals surface area (Å²) in [5.74, 6) is 1.43. The molecule has 142 valence electrons. The van der Waals surface area contributed by atoms with Gasteiger partial charge in [0.2, 0.25) is 11.8 Å². The van der Waals surface area contributed by atoms with Gasteiger partial charge in [-0.1, -0.05) is 31.2 Å². The predicted octanol–water partition coefficient (Wildman–Crippen LogP) is 4.95. The number of carbonyl (C=O) groups is 1. The van der Waals surface area contributed by atoms with Crippen molar-refractivity contribution in [3.63, 3.8) is 0 Å². The van der Waals surface area contributed by atoms with Crippen LogP contribution in [0.4, 0.5) is 5.69 Å². The highest BCUT2D eigenvalue weighted by Gasteiger charge is 2.23. The molecule has 1 N–H and O–H groups in total. The Bertz CT molecular complexity index is 859. The van der Waals surface area contributed by atoms with Crippen LogP contribution in [-0.4, -0.2) is 28.4 Å². The molecule has 1 amide bonds. The Kier molecular flexibility index (Phi) is 6.42. The minimum Gasteiger partial charge on any atom is -0.440 e. The van der Waals surface area contributed by atoms with Crippen LogP contribution in [0.25, 0.3) is 10.8 Å². The molecule has 3 aromatic rings. The fraction of sp³-hybridized carbons (Fsp3) is 0.333. The summed E-state index contributed by atoms with van der Waals surface area (Å²) in [6, 6.07) is 13.3. The van der Waals surface area contributed by atoms with Crippen LogP contribution < -0.4 is 5.32 Å². The second-order valence-electron chi connectivity index (χ2n) is 6.50. The average Bonchev–Trinajstić information content (AvgIpc) is 3.32. The van der Waals surface area contributed by atoms with Crippen molar-refractivity contribution in [3.05, 3.63) is 59.3 Å². The number of thiophene rings is 1. The molecule has 1 aromatic carbocycles. The quantitative estimate of drug-likeness (QED) is 0.598. The topological polar surface area (TPSA) is 58.4 Å².